The summed E-state index contributed by atoms with van der Waals surface area (Å²) in [6, 6.07) is 0. The molecule has 13 heavy (non-hydrogen) atoms. The van der Waals surface area contributed by atoms with Crippen molar-refractivity contribution < 1.29 is 4.79 Å². The van der Waals surface area contributed by atoms with E-state index in [0.717, 1.165) is 35.5 Å². The van der Waals surface area contributed by atoms with Crippen LogP contribution in [0.2, 0.25) is 0 Å². The summed E-state index contributed by atoms with van der Waals surface area (Å²) in [5, 5.41) is 0. The zero-order chi connectivity index (χ0) is 8.75. The molecule has 0 aromatic carbocycles. The first-order chi connectivity index (χ1) is 6.16. The van der Waals surface area contributed by atoms with Crippen molar-refractivity contribution in [2.45, 2.75) is 17.7 Å². The first-order valence-electron chi connectivity index (χ1n) is 5.36. The molecule has 6 fully saturated rings. The van der Waals surface area contributed by atoms with Crippen LogP contribution in [0.3, 0.4) is 0 Å². The van der Waals surface area contributed by atoms with Gasteiger partial charge in [0.2, 0.25) is 0 Å². The number of Topliss-reactive ketones (excluding diaryl/α,β-unsaturated/α-hetero) is 1. The fourth-order valence-corrected chi connectivity index (χ4v) is 8.67. The Hall–Kier alpha value is 0.150. The van der Waals surface area contributed by atoms with Gasteiger partial charge in [0.25, 0.3) is 0 Å². The highest BCUT2D eigenvalue weighted by molar-refractivity contribution is 9.10. The number of ketones is 1. The second kappa shape index (κ2) is 1.30. The monoisotopic (exact) mass is 238 g/mol. The van der Waals surface area contributed by atoms with E-state index in [0.29, 0.717) is 10.1 Å². The Morgan fingerprint density at radius 3 is 2.31 bits per heavy atom. The predicted octanol–water partition coefficient (Wildman–Crippen LogP) is 1.85. The van der Waals surface area contributed by atoms with Gasteiger partial charge in [-0.05, 0) is 48.9 Å². The standard InChI is InChI=1S/C11H11BrO/c1-3(13)10-6-4-2-5-8(6)11(10,12)9(5)7(4)10/h4-9H,2H2,1H3. The number of carbonyl (C=O) groups is 1. The quantitative estimate of drug-likeness (QED) is 0.638. The molecule has 4 unspecified atom stereocenters. The van der Waals surface area contributed by atoms with E-state index in [2.05, 4.69) is 15.9 Å². The molecule has 0 saturated heterocycles. The summed E-state index contributed by atoms with van der Waals surface area (Å²) in [6.45, 7) is 1.82. The lowest BCUT2D eigenvalue weighted by Gasteiger charge is -2.94. The topological polar surface area (TPSA) is 17.1 Å². The molecule has 6 aliphatic rings. The molecule has 4 atom stereocenters. The molecule has 0 spiro atoms. The fourth-order valence-electron chi connectivity index (χ4n) is 6.62. The third-order valence-corrected chi connectivity index (χ3v) is 8.11. The van der Waals surface area contributed by atoms with E-state index in [9.17, 15) is 4.79 Å². The minimum Gasteiger partial charge on any atom is -0.299 e. The minimum atomic E-state index is 0.167. The van der Waals surface area contributed by atoms with Crippen LogP contribution in [0.5, 0.6) is 0 Å². The molecule has 68 valence electrons. The van der Waals surface area contributed by atoms with Crippen LogP contribution in [0, 0.1) is 40.9 Å². The van der Waals surface area contributed by atoms with E-state index in [-0.39, 0.29) is 5.41 Å². The summed E-state index contributed by atoms with van der Waals surface area (Å²) in [6.07, 6.45) is 1.47. The second-order valence-electron chi connectivity index (χ2n) is 5.86. The number of alkyl halides is 1. The lowest BCUT2D eigenvalue weighted by atomic mass is 9.12. The highest BCUT2D eigenvalue weighted by Crippen LogP contribution is 3.03. The maximum Gasteiger partial charge on any atom is 0.137 e. The van der Waals surface area contributed by atoms with Gasteiger partial charge in [-0.2, -0.15) is 0 Å². The van der Waals surface area contributed by atoms with Crippen molar-refractivity contribution in [3.63, 3.8) is 0 Å². The van der Waals surface area contributed by atoms with Crippen molar-refractivity contribution in [1.29, 1.82) is 0 Å². The molecule has 0 heterocycles. The van der Waals surface area contributed by atoms with Gasteiger partial charge < -0.3 is 0 Å². The fraction of sp³-hybridized carbons (Fsp3) is 0.909. The normalized spacial score (nSPS) is 83.2. The molecule has 6 aliphatic carbocycles. The van der Waals surface area contributed by atoms with Gasteiger partial charge in [-0.1, -0.05) is 15.9 Å². The van der Waals surface area contributed by atoms with Crippen molar-refractivity contribution in [2.24, 2.45) is 40.9 Å². The second-order valence-corrected chi connectivity index (χ2v) is 7.17. The van der Waals surface area contributed by atoms with E-state index in [4.69, 9.17) is 0 Å². The Bertz CT molecular complexity index is 368. The number of hydrogen-bond donors (Lipinski definition) is 0. The largest absolute Gasteiger partial charge is 0.299 e. The van der Waals surface area contributed by atoms with Crippen molar-refractivity contribution in [1.82, 2.24) is 0 Å². The van der Waals surface area contributed by atoms with Crippen LogP contribution in [0.15, 0.2) is 0 Å². The van der Waals surface area contributed by atoms with Crippen LogP contribution in [0.4, 0.5) is 0 Å². The Morgan fingerprint density at radius 1 is 1.23 bits per heavy atom. The van der Waals surface area contributed by atoms with Crippen molar-refractivity contribution in [3.8, 4) is 0 Å². The number of carbonyl (C=O) groups excluding carboxylic acids is 1. The van der Waals surface area contributed by atoms with Crippen LogP contribution < -0.4 is 0 Å². The maximum atomic E-state index is 11.8. The predicted molar refractivity (Wildman–Crippen MR) is 50.3 cm³/mol. The van der Waals surface area contributed by atoms with E-state index in [1.54, 1.807) is 0 Å². The third-order valence-electron chi connectivity index (χ3n) is 6.40. The molecule has 1 nitrogen and oxygen atoms in total. The molecule has 2 heteroatoms. The Balaban J connectivity index is 1.81. The summed E-state index contributed by atoms with van der Waals surface area (Å²) in [7, 11) is 0. The van der Waals surface area contributed by atoms with Crippen molar-refractivity contribution in [3.05, 3.63) is 0 Å². The molecule has 0 aliphatic heterocycles. The molecular formula is C11H11BrO. The van der Waals surface area contributed by atoms with E-state index < -0.39 is 0 Å². The third kappa shape index (κ3) is 0.278. The van der Waals surface area contributed by atoms with Gasteiger partial charge in [-0.15, -0.1) is 0 Å². The Labute approximate surface area is 85.4 Å². The zero-order valence-corrected chi connectivity index (χ0v) is 9.04. The highest BCUT2D eigenvalue weighted by atomic mass is 79.9. The van der Waals surface area contributed by atoms with Crippen LogP contribution in [0.25, 0.3) is 0 Å². The van der Waals surface area contributed by atoms with Crippen molar-refractivity contribution >= 4 is 21.7 Å². The average Bonchev–Trinajstić information content (AvgIpc) is 2.37. The van der Waals surface area contributed by atoms with E-state index >= 15 is 0 Å². The smallest absolute Gasteiger partial charge is 0.137 e. The van der Waals surface area contributed by atoms with Gasteiger partial charge in [0.05, 0.1) is 5.41 Å². The number of halogens is 1. The first kappa shape index (κ1) is 6.60. The SMILES string of the molecule is CC(=O)C12C3C4CC5C3C1(Br)C5C42. The molecular weight excluding hydrogens is 228 g/mol. The number of rotatable bonds is 1. The van der Waals surface area contributed by atoms with Gasteiger partial charge >= 0.3 is 0 Å². The van der Waals surface area contributed by atoms with Gasteiger partial charge in [0.1, 0.15) is 5.78 Å². The summed E-state index contributed by atoms with van der Waals surface area (Å²) in [5.74, 6) is 5.97. The summed E-state index contributed by atoms with van der Waals surface area (Å²) in [4.78, 5) is 11.8. The molecule has 0 radical (unpaired) electrons. The molecule has 0 aromatic heterocycles. The summed E-state index contributed by atoms with van der Waals surface area (Å²) in [5.41, 5.74) is 0.167. The minimum absolute atomic E-state index is 0.167. The lowest BCUT2D eigenvalue weighted by molar-refractivity contribution is -0.396. The summed E-state index contributed by atoms with van der Waals surface area (Å²) >= 11 is 3.91. The van der Waals surface area contributed by atoms with Gasteiger partial charge in [-0.25, -0.2) is 0 Å². The van der Waals surface area contributed by atoms with Crippen molar-refractivity contribution in [2.75, 3.05) is 0 Å². The zero-order valence-electron chi connectivity index (χ0n) is 7.46. The molecule has 6 rings (SSSR count). The summed E-state index contributed by atoms with van der Waals surface area (Å²) < 4.78 is 0.332. The molecule has 2 bridgehead atoms. The maximum absolute atomic E-state index is 11.8. The Morgan fingerprint density at radius 2 is 1.77 bits per heavy atom. The van der Waals surface area contributed by atoms with Crippen LogP contribution in [0.1, 0.15) is 13.3 Å². The van der Waals surface area contributed by atoms with Gasteiger partial charge in [0, 0.05) is 4.32 Å². The van der Waals surface area contributed by atoms with Gasteiger partial charge in [0.15, 0.2) is 0 Å². The highest BCUT2D eigenvalue weighted by Gasteiger charge is 3.05. The number of hydrogen-bond acceptors (Lipinski definition) is 1. The molecule has 0 aromatic rings. The van der Waals surface area contributed by atoms with Gasteiger partial charge in [-0.3, -0.25) is 4.79 Å². The van der Waals surface area contributed by atoms with Crippen LogP contribution in [-0.2, 0) is 4.79 Å². The van der Waals surface area contributed by atoms with E-state index in [1.165, 1.54) is 6.42 Å². The van der Waals surface area contributed by atoms with Crippen LogP contribution in [-0.4, -0.2) is 10.1 Å². The first-order valence-corrected chi connectivity index (χ1v) is 6.16. The average molecular weight is 239 g/mol. The molecule has 0 N–H and O–H groups in total. The molecule has 6 saturated carbocycles. The van der Waals surface area contributed by atoms with Crippen LogP contribution >= 0.6 is 15.9 Å². The Kier molecular flexibility index (Phi) is 0.658. The van der Waals surface area contributed by atoms with E-state index in [1.807, 2.05) is 6.92 Å². The molecule has 0 amide bonds. The lowest BCUT2D eigenvalue weighted by Crippen LogP contribution is -2.98.